The third-order valence-corrected chi connectivity index (χ3v) is 6.84. The molecule has 196 valence electrons. The Bertz CT molecular complexity index is 1180. The highest BCUT2D eigenvalue weighted by molar-refractivity contribution is 5.94. The van der Waals surface area contributed by atoms with E-state index < -0.39 is 5.97 Å². The van der Waals surface area contributed by atoms with E-state index >= 15 is 0 Å². The molecule has 1 aliphatic rings. The van der Waals surface area contributed by atoms with Crippen molar-refractivity contribution in [3.05, 3.63) is 77.0 Å². The minimum absolute atomic E-state index is 0.0856. The Morgan fingerprint density at radius 3 is 2.41 bits per heavy atom. The van der Waals surface area contributed by atoms with Gasteiger partial charge in [0, 0.05) is 36.3 Å². The number of hydrogen-bond acceptors (Lipinski definition) is 5. The molecule has 1 unspecified atom stereocenters. The molecular formula is C30H35NO6. The number of amides is 1. The van der Waals surface area contributed by atoms with Crippen LogP contribution in [0.1, 0.15) is 71.9 Å². The van der Waals surface area contributed by atoms with Gasteiger partial charge in [0.1, 0.15) is 30.0 Å². The molecule has 2 aromatic carbocycles. The van der Waals surface area contributed by atoms with Crippen molar-refractivity contribution in [2.75, 3.05) is 13.7 Å². The lowest BCUT2D eigenvalue weighted by Gasteiger charge is -2.31. The van der Waals surface area contributed by atoms with Gasteiger partial charge in [-0.05, 0) is 50.1 Å². The van der Waals surface area contributed by atoms with Crippen molar-refractivity contribution >= 4 is 11.9 Å². The fraction of sp³-hybridized carbons (Fsp3) is 0.400. The summed E-state index contributed by atoms with van der Waals surface area (Å²) in [6.45, 7) is 2.50. The van der Waals surface area contributed by atoms with Crippen molar-refractivity contribution in [3.8, 4) is 17.1 Å². The first kappa shape index (κ1) is 26.5. The van der Waals surface area contributed by atoms with Crippen molar-refractivity contribution < 1.29 is 28.6 Å². The van der Waals surface area contributed by atoms with E-state index in [2.05, 4.69) is 42.6 Å². The number of benzene rings is 2. The minimum atomic E-state index is -0.949. The van der Waals surface area contributed by atoms with Crippen LogP contribution in [0.25, 0.3) is 11.3 Å². The van der Waals surface area contributed by atoms with E-state index in [1.165, 1.54) is 24.8 Å². The number of carbonyl (C=O) groups excluding carboxylic acids is 1. The molecule has 0 aliphatic heterocycles. The molecule has 1 heterocycles. The van der Waals surface area contributed by atoms with E-state index in [-0.39, 0.29) is 25.0 Å². The average Bonchev–Trinajstić information content (AvgIpc) is 3.32. The van der Waals surface area contributed by atoms with Crippen LogP contribution in [0, 0.1) is 12.8 Å². The number of nitrogens with one attached hydrogen (secondary N) is 1. The van der Waals surface area contributed by atoms with Crippen LogP contribution in [-0.2, 0) is 16.1 Å². The predicted octanol–water partition coefficient (Wildman–Crippen LogP) is 6.31. The van der Waals surface area contributed by atoms with Gasteiger partial charge in [-0.1, -0.05) is 49.1 Å². The Hall–Kier alpha value is -3.58. The smallest absolute Gasteiger partial charge is 0.305 e. The SMILES string of the molecule is COCc1oc(-c2ccc(C)cc2)cc1C(Oc1ccc(C(=O)NCCC(=O)O)cc1)C1CCCCC1. The molecule has 4 rings (SSSR count). The molecular weight excluding hydrogens is 470 g/mol. The molecule has 0 radical (unpaired) electrons. The lowest BCUT2D eigenvalue weighted by molar-refractivity contribution is -0.136. The van der Waals surface area contributed by atoms with Gasteiger partial charge < -0.3 is 24.3 Å². The van der Waals surface area contributed by atoms with Gasteiger partial charge in [0.25, 0.3) is 5.91 Å². The molecule has 2 N–H and O–H groups in total. The molecule has 7 nitrogen and oxygen atoms in total. The van der Waals surface area contributed by atoms with Gasteiger partial charge in [0.05, 0.1) is 6.42 Å². The molecule has 0 saturated heterocycles. The topological polar surface area (TPSA) is 98.0 Å². The summed E-state index contributed by atoms with van der Waals surface area (Å²) >= 11 is 0. The van der Waals surface area contributed by atoms with E-state index in [9.17, 15) is 9.59 Å². The fourth-order valence-corrected chi connectivity index (χ4v) is 4.85. The van der Waals surface area contributed by atoms with Gasteiger partial charge in [-0.3, -0.25) is 9.59 Å². The maximum absolute atomic E-state index is 12.3. The number of methoxy groups -OCH3 is 1. The molecule has 37 heavy (non-hydrogen) atoms. The number of rotatable bonds is 11. The number of carboxylic acid groups (broad SMARTS) is 1. The second kappa shape index (κ2) is 12.6. The van der Waals surface area contributed by atoms with Gasteiger partial charge in [-0.15, -0.1) is 0 Å². The minimum Gasteiger partial charge on any atom is -0.485 e. The summed E-state index contributed by atoms with van der Waals surface area (Å²) in [5.74, 6) is 1.31. The number of hydrogen-bond donors (Lipinski definition) is 2. The number of furan rings is 1. The van der Waals surface area contributed by atoms with Crippen molar-refractivity contribution in [1.82, 2.24) is 5.32 Å². The molecule has 0 bridgehead atoms. The summed E-state index contributed by atoms with van der Waals surface area (Å²) in [7, 11) is 1.66. The first-order valence-electron chi connectivity index (χ1n) is 12.9. The molecule has 1 aliphatic carbocycles. The van der Waals surface area contributed by atoms with Gasteiger partial charge in [-0.25, -0.2) is 0 Å². The molecule has 1 amide bonds. The monoisotopic (exact) mass is 505 g/mol. The molecule has 1 fully saturated rings. The molecule has 1 aromatic heterocycles. The largest absolute Gasteiger partial charge is 0.485 e. The maximum atomic E-state index is 12.3. The Balaban J connectivity index is 1.59. The average molecular weight is 506 g/mol. The summed E-state index contributed by atoms with van der Waals surface area (Å²) in [4.78, 5) is 23.0. The van der Waals surface area contributed by atoms with E-state index in [1.54, 1.807) is 31.4 Å². The van der Waals surface area contributed by atoms with Crippen LogP contribution in [0.4, 0.5) is 0 Å². The van der Waals surface area contributed by atoms with Crippen LogP contribution < -0.4 is 10.1 Å². The third kappa shape index (κ3) is 7.01. The van der Waals surface area contributed by atoms with Crippen molar-refractivity contribution in [3.63, 3.8) is 0 Å². The van der Waals surface area contributed by atoms with Crippen molar-refractivity contribution in [2.24, 2.45) is 5.92 Å². The van der Waals surface area contributed by atoms with Gasteiger partial charge in [0.15, 0.2) is 0 Å². The molecule has 3 aromatic rings. The standard InChI is InChI=1S/C30H35NO6/c1-20-8-10-21(11-9-20)26-18-25(27(37-26)19-35-2)29(22-6-4-3-5-7-22)36-24-14-12-23(13-15-24)30(34)31-17-16-28(32)33/h8-15,18,22,29H,3-7,16-17,19H2,1-2H3,(H,31,34)(H,32,33). The fourth-order valence-electron chi connectivity index (χ4n) is 4.85. The lowest BCUT2D eigenvalue weighted by Crippen LogP contribution is -2.26. The van der Waals surface area contributed by atoms with Crippen LogP contribution in [0.3, 0.4) is 0 Å². The second-order valence-electron chi connectivity index (χ2n) is 9.65. The van der Waals surface area contributed by atoms with E-state index in [1.807, 2.05) is 0 Å². The highest BCUT2D eigenvalue weighted by Gasteiger charge is 2.31. The van der Waals surface area contributed by atoms with Crippen molar-refractivity contribution in [2.45, 2.75) is 58.2 Å². The number of ether oxygens (including phenoxy) is 2. The normalized spacial score (nSPS) is 14.8. The molecule has 1 atom stereocenters. The van der Waals surface area contributed by atoms with E-state index in [0.29, 0.717) is 23.8 Å². The quantitative estimate of drug-likeness (QED) is 0.317. The Morgan fingerprint density at radius 1 is 1.05 bits per heavy atom. The van der Waals surface area contributed by atoms with Gasteiger partial charge >= 0.3 is 5.97 Å². The summed E-state index contributed by atoms with van der Waals surface area (Å²) in [6, 6.07) is 17.3. The first-order chi connectivity index (χ1) is 17.9. The number of aliphatic carboxylic acids is 1. The Morgan fingerprint density at radius 2 is 1.76 bits per heavy atom. The number of aryl methyl sites for hydroxylation is 1. The Labute approximate surface area is 217 Å². The van der Waals surface area contributed by atoms with Gasteiger partial charge in [-0.2, -0.15) is 0 Å². The third-order valence-electron chi connectivity index (χ3n) is 6.84. The maximum Gasteiger partial charge on any atom is 0.305 e. The van der Waals surface area contributed by atoms with Crippen LogP contribution in [0.15, 0.2) is 59.0 Å². The number of carbonyl (C=O) groups is 2. The highest BCUT2D eigenvalue weighted by Crippen LogP contribution is 2.41. The first-order valence-corrected chi connectivity index (χ1v) is 12.9. The summed E-state index contributed by atoms with van der Waals surface area (Å²) in [5.41, 5.74) is 3.65. The highest BCUT2D eigenvalue weighted by atomic mass is 16.5. The molecule has 7 heteroatoms. The van der Waals surface area contributed by atoms with Crippen LogP contribution >= 0.6 is 0 Å². The van der Waals surface area contributed by atoms with Crippen LogP contribution in [-0.4, -0.2) is 30.6 Å². The zero-order valence-electron chi connectivity index (χ0n) is 21.5. The van der Waals surface area contributed by atoms with Gasteiger partial charge in [0.2, 0.25) is 0 Å². The van der Waals surface area contributed by atoms with E-state index in [0.717, 1.165) is 35.5 Å². The summed E-state index contributed by atoms with van der Waals surface area (Å²) in [5, 5.41) is 11.4. The zero-order chi connectivity index (χ0) is 26.2. The number of carboxylic acids is 1. The predicted molar refractivity (Wildman–Crippen MR) is 141 cm³/mol. The van der Waals surface area contributed by atoms with Crippen molar-refractivity contribution in [1.29, 1.82) is 0 Å². The second-order valence-corrected chi connectivity index (χ2v) is 9.65. The summed E-state index contributed by atoms with van der Waals surface area (Å²) in [6.07, 6.45) is 5.40. The van der Waals surface area contributed by atoms with E-state index in [4.69, 9.17) is 19.0 Å². The summed E-state index contributed by atoms with van der Waals surface area (Å²) < 4.78 is 18.4. The molecule has 1 saturated carbocycles. The zero-order valence-corrected chi connectivity index (χ0v) is 21.5. The Kier molecular flexibility index (Phi) is 9.01. The van der Waals surface area contributed by atoms with Crippen LogP contribution in [0.5, 0.6) is 5.75 Å². The van der Waals surface area contributed by atoms with Crippen LogP contribution in [0.2, 0.25) is 0 Å². The lowest BCUT2D eigenvalue weighted by atomic mass is 9.82. The molecule has 0 spiro atoms.